The predicted octanol–water partition coefficient (Wildman–Crippen LogP) is 0.432. The number of hydrogen-bond acceptors (Lipinski definition) is 4. The molecule has 1 atom stereocenters. The molecule has 0 aromatic rings. The van der Waals surface area contributed by atoms with Crippen molar-refractivity contribution in [2.75, 3.05) is 33.4 Å². The summed E-state index contributed by atoms with van der Waals surface area (Å²) in [7, 11) is 1.42. The zero-order chi connectivity index (χ0) is 16.5. The molecule has 7 nitrogen and oxygen atoms in total. The average Bonchev–Trinajstić information content (AvgIpc) is 2.35. The third-order valence-corrected chi connectivity index (χ3v) is 2.46. The Hall–Kier alpha value is -1.55. The second kappa shape index (κ2) is 9.40. The van der Waals surface area contributed by atoms with Crippen molar-refractivity contribution in [2.45, 2.75) is 25.1 Å². The van der Waals surface area contributed by atoms with E-state index in [-0.39, 0.29) is 13.0 Å². The number of urea groups is 1. The van der Waals surface area contributed by atoms with Crippen LogP contribution in [0.4, 0.5) is 18.0 Å². The van der Waals surface area contributed by atoms with Gasteiger partial charge in [-0.3, -0.25) is 0 Å². The molecule has 0 saturated heterocycles. The van der Waals surface area contributed by atoms with Crippen LogP contribution in [0, 0.1) is 0 Å². The number of aliphatic carboxylic acids is 1. The Balaban J connectivity index is 4.63. The molecule has 0 aromatic carbocycles. The summed E-state index contributed by atoms with van der Waals surface area (Å²) in [6.07, 6.45) is -4.29. The summed E-state index contributed by atoms with van der Waals surface area (Å²) < 4.78 is 41.6. The lowest BCUT2D eigenvalue weighted by molar-refractivity contribution is -0.141. The molecule has 0 aliphatic heterocycles. The van der Waals surface area contributed by atoms with Crippen molar-refractivity contribution in [1.29, 1.82) is 0 Å². The Morgan fingerprint density at radius 2 is 2.00 bits per heavy atom. The largest absolute Gasteiger partial charge is 0.480 e. The fraction of sp³-hybridized carbons (Fsp3) is 0.818. The normalized spacial score (nSPS) is 12.8. The average molecular weight is 316 g/mol. The Kier molecular flexibility index (Phi) is 8.70. The second-order valence-electron chi connectivity index (χ2n) is 4.24. The van der Waals surface area contributed by atoms with E-state index in [1.54, 1.807) is 0 Å². The van der Waals surface area contributed by atoms with Gasteiger partial charge in [-0.2, -0.15) is 13.2 Å². The van der Waals surface area contributed by atoms with E-state index >= 15 is 0 Å². The summed E-state index contributed by atoms with van der Waals surface area (Å²) in [6, 6.07) is -2.51. The Labute approximate surface area is 119 Å². The molecule has 0 spiro atoms. The van der Waals surface area contributed by atoms with E-state index in [0.717, 1.165) is 0 Å². The molecule has 0 bridgehead atoms. The first-order chi connectivity index (χ1) is 9.71. The topological polar surface area (TPSA) is 99.1 Å². The quantitative estimate of drug-likeness (QED) is 0.536. The van der Waals surface area contributed by atoms with Gasteiger partial charge in [-0.25, -0.2) is 9.59 Å². The van der Waals surface area contributed by atoms with Crippen LogP contribution < -0.4 is 5.32 Å². The molecule has 0 aromatic heterocycles. The maximum atomic E-state index is 12.3. The highest BCUT2D eigenvalue weighted by Gasteiger charge is 2.34. The number of halogens is 3. The number of aliphatic hydroxyl groups excluding tert-OH is 1. The van der Waals surface area contributed by atoms with Gasteiger partial charge in [0, 0.05) is 20.3 Å². The molecule has 2 amide bonds. The van der Waals surface area contributed by atoms with Gasteiger partial charge in [0.1, 0.15) is 12.6 Å². The number of alkyl halides is 3. The van der Waals surface area contributed by atoms with Gasteiger partial charge in [-0.05, 0) is 12.8 Å². The number of carboxylic acid groups (broad SMARTS) is 1. The second-order valence-corrected chi connectivity index (χ2v) is 4.24. The molecule has 21 heavy (non-hydrogen) atoms. The van der Waals surface area contributed by atoms with Crippen LogP contribution in [0.25, 0.3) is 0 Å². The third-order valence-electron chi connectivity index (χ3n) is 2.46. The van der Waals surface area contributed by atoms with Gasteiger partial charge in [-0.15, -0.1) is 0 Å². The lowest BCUT2D eigenvalue weighted by atomic mass is 10.1. The lowest BCUT2D eigenvalue weighted by Crippen LogP contribution is -2.51. The highest BCUT2D eigenvalue weighted by atomic mass is 19.4. The minimum atomic E-state index is -4.64. The molecule has 0 fully saturated rings. The molecule has 0 rings (SSSR count). The number of hydrogen-bond donors (Lipinski definition) is 3. The van der Waals surface area contributed by atoms with Gasteiger partial charge in [0.2, 0.25) is 0 Å². The first-order valence-corrected chi connectivity index (χ1v) is 6.16. The van der Waals surface area contributed by atoms with Gasteiger partial charge in [0.05, 0.1) is 6.61 Å². The molecule has 3 N–H and O–H groups in total. The molecule has 10 heteroatoms. The van der Waals surface area contributed by atoms with Crippen LogP contribution >= 0.6 is 0 Å². The van der Waals surface area contributed by atoms with Crippen molar-refractivity contribution in [2.24, 2.45) is 0 Å². The highest BCUT2D eigenvalue weighted by molar-refractivity contribution is 5.82. The van der Waals surface area contributed by atoms with Gasteiger partial charge in [0.15, 0.2) is 0 Å². The fourth-order valence-electron chi connectivity index (χ4n) is 1.52. The number of methoxy groups -OCH3 is 1. The van der Waals surface area contributed by atoms with Crippen molar-refractivity contribution in [3.63, 3.8) is 0 Å². The zero-order valence-corrected chi connectivity index (χ0v) is 11.5. The smallest absolute Gasteiger partial charge is 0.406 e. The number of carbonyl (C=O) groups is 2. The van der Waals surface area contributed by atoms with E-state index in [9.17, 15) is 22.8 Å². The monoisotopic (exact) mass is 316 g/mol. The first kappa shape index (κ1) is 19.4. The van der Waals surface area contributed by atoms with E-state index in [2.05, 4.69) is 0 Å². The van der Waals surface area contributed by atoms with Crippen LogP contribution in [0.2, 0.25) is 0 Å². The first-order valence-electron chi connectivity index (χ1n) is 6.16. The number of amides is 2. The summed E-state index contributed by atoms with van der Waals surface area (Å²) >= 11 is 0. The predicted molar refractivity (Wildman–Crippen MR) is 65.8 cm³/mol. The molecule has 1 unspecified atom stereocenters. The number of nitrogens with one attached hydrogen (secondary N) is 1. The van der Waals surface area contributed by atoms with Gasteiger partial charge >= 0.3 is 18.2 Å². The molecular formula is C11H19F3N2O5. The number of ether oxygens (including phenoxy) is 1. The summed E-state index contributed by atoms with van der Waals surface area (Å²) in [5.74, 6) is -1.35. The van der Waals surface area contributed by atoms with Crippen molar-refractivity contribution < 1.29 is 37.7 Å². The Bertz CT molecular complexity index is 338. The van der Waals surface area contributed by atoms with Crippen LogP contribution in [0.5, 0.6) is 0 Å². The number of carboxylic acids is 1. The maximum Gasteiger partial charge on any atom is 0.406 e. The number of carbonyl (C=O) groups excluding carboxylic acids is 1. The Morgan fingerprint density at radius 1 is 1.38 bits per heavy atom. The van der Waals surface area contributed by atoms with Gasteiger partial charge in [-0.1, -0.05) is 0 Å². The molecule has 124 valence electrons. The summed E-state index contributed by atoms with van der Waals surface area (Å²) in [4.78, 5) is 22.9. The van der Waals surface area contributed by atoms with Crippen LogP contribution in [-0.2, 0) is 9.53 Å². The Morgan fingerprint density at radius 3 is 2.43 bits per heavy atom. The third kappa shape index (κ3) is 9.08. The van der Waals surface area contributed by atoms with Crippen molar-refractivity contribution >= 4 is 12.0 Å². The molecule has 0 radical (unpaired) electrons. The van der Waals surface area contributed by atoms with Crippen molar-refractivity contribution in [3.05, 3.63) is 0 Å². The number of rotatable bonds is 9. The van der Waals surface area contributed by atoms with Crippen LogP contribution in [0.3, 0.4) is 0 Å². The fourth-order valence-corrected chi connectivity index (χ4v) is 1.52. The van der Waals surface area contributed by atoms with Crippen molar-refractivity contribution in [1.82, 2.24) is 10.2 Å². The van der Waals surface area contributed by atoms with E-state index in [1.165, 1.54) is 7.11 Å². The summed E-state index contributed by atoms with van der Waals surface area (Å²) in [5.41, 5.74) is 0. The summed E-state index contributed by atoms with van der Waals surface area (Å²) in [5, 5.41) is 19.6. The molecule has 0 saturated carbocycles. The van der Waals surface area contributed by atoms with E-state index in [4.69, 9.17) is 14.9 Å². The molecule has 0 aliphatic carbocycles. The van der Waals surface area contributed by atoms with Gasteiger partial charge < -0.3 is 25.2 Å². The minimum absolute atomic E-state index is 0.0217. The zero-order valence-electron chi connectivity index (χ0n) is 11.5. The summed E-state index contributed by atoms with van der Waals surface area (Å²) in [6.45, 7) is -2.51. The molecule has 0 heterocycles. The SMILES string of the molecule is COCCCC(NC(=O)N(CCO)CC(F)(F)F)C(=O)O. The molecular weight excluding hydrogens is 297 g/mol. The van der Waals surface area contributed by atoms with E-state index in [1.807, 2.05) is 5.32 Å². The van der Waals surface area contributed by atoms with Gasteiger partial charge in [0.25, 0.3) is 0 Å². The lowest BCUT2D eigenvalue weighted by Gasteiger charge is -2.25. The van der Waals surface area contributed by atoms with E-state index in [0.29, 0.717) is 11.3 Å². The highest BCUT2D eigenvalue weighted by Crippen LogP contribution is 2.16. The van der Waals surface area contributed by atoms with E-state index < -0.39 is 43.9 Å². The van der Waals surface area contributed by atoms with Crippen LogP contribution in [0.1, 0.15) is 12.8 Å². The number of aliphatic hydroxyl groups is 1. The van der Waals surface area contributed by atoms with Crippen LogP contribution in [0.15, 0.2) is 0 Å². The minimum Gasteiger partial charge on any atom is -0.480 e. The maximum absolute atomic E-state index is 12.3. The standard InChI is InChI=1S/C11H19F3N2O5/c1-21-6-2-3-8(9(18)19)15-10(20)16(4-5-17)7-11(12,13)14/h8,17H,2-7H2,1H3,(H,15,20)(H,18,19). The van der Waals surface area contributed by atoms with Crippen LogP contribution in [-0.4, -0.2) is 72.7 Å². The van der Waals surface area contributed by atoms with Crippen molar-refractivity contribution in [3.8, 4) is 0 Å². The molecule has 0 aliphatic rings. The number of nitrogens with zero attached hydrogens (tertiary/aromatic N) is 1.